The lowest BCUT2D eigenvalue weighted by Gasteiger charge is -2.38. The zero-order valence-corrected chi connectivity index (χ0v) is 16.0. The van der Waals surface area contributed by atoms with Crippen molar-refractivity contribution in [2.45, 2.75) is 64.4 Å². The Hall–Kier alpha value is -1.62. The summed E-state index contributed by atoms with van der Waals surface area (Å²) in [7, 11) is 1.43. The number of aliphatic hydroxyl groups is 1. The largest absolute Gasteiger partial charge is 0.494 e. The van der Waals surface area contributed by atoms with Crippen LogP contribution >= 0.6 is 0 Å². The lowest BCUT2D eigenvalue weighted by atomic mass is 9.71. The molecule has 26 heavy (non-hydrogen) atoms. The summed E-state index contributed by atoms with van der Waals surface area (Å²) in [6.07, 6.45) is 5.47. The van der Waals surface area contributed by atoms with Gasteiger partial charge in [-0.3, -0.25) is 0 Å². The molecule has 1 aromatic carbocycles. The van der Waals surface area contributed by atoms with E-state index in [-0.39, 0.29) is 29.9 Å². The Balaban J connectivity index is 2.04. The number of ether oxygens (including phenoxy) is 1. The Morgan fingerprint density at radius 2 is 1.92 bits per heavy atom. The molecule has 0 spiro atoms. The highest BCUT2D eigenvalue weighted by Crippen LogP contribution is 2.38. The lowest BCUT2D eigenvalue weighted by molar-refractivity contribution is -0.169. The average Bonchev–Trinajstić information content (AvgIpc) is 2.62. The molecule has 1 aliphatic rings. The van der Waals surface area contributed by atoms with Crippen LogP contribution in [0.15, 0.2) is 18.2 Å². The third kappa shape index (κ3) is 4.76. The van der Waals surface area contributed by atoms with E-state index >= 15 is 0 Å². The van der Waals surface area contributed by atoms with Gasteiger partial charge in [0.05, 0.1) is 7.11 Å². The number of hydrogen-bond acceptors (Lipinski definition) is 3. The molecule has 1 saturated carbocycles. The molecule has 0 heterocycles. The number of benzene rings is 1. The third-order valence-electron chi connectivity index (χ3n) is 6.03. The Morgan fingerprint density at radius 1 is 1.27 bits per heavy atom. The van der Waals surface area contributed by atoms with E-state index in [1.54, 1.807) is 6.07 Å². The van der Waals surface area contributed by atoms with Crippen LogP contribution in [0.25, 0.3) is 0 Å². The van der Waals surface area contributed by atoms with Crippen molar-refractivity contribution in [2.24, 2.45) is 17.8 Å². The fourth-order valence-corrected chi connectivity index (χ4v) is 4.11. The average molecular weight is 366 g/mol. The Kier molecular flexibility index (Phi) is 7.04. The summed E-state index contributed by atoms with van der Waals surface area (Å²) in [5, 5.41) is 20.6. The molecule has 0 radical (unpaired) electrons. The lowest BCUT2D eigenvalue weighted by Crippen LogP contribution is -2.48. The number of carbonyl (C=O) groups is 1. The molecule has 3 unspecified atom stereocenters. The Morgan fingerprint density at radius 3 is 2.46 bits per heavy atom. The van der Waals surface area contributed by atoms with Crippen molar-refractivity contribution in [3.63, 3.8) is 0 Å². The van der Waals surface area contributed by atoms with Gasteiger partial charge in [0.1, 0.15) is 0 Å². The molecule has 1 aromatic rings. The zero-order chi connectivity index (χ0) is 19.3. The van der Waals surface area contributed by atoms with Gasteiger partial charge in [0.2, 0.25) is 0 Å². The van der Waals surface area contributed by atoms with E-state index in [1.165, 1.54) is 13.2 Å². The molecule has 4 nitrogen and oxygen atoms in total. The van der Waals surface area contributed by atoms with Crippen LogP contribution in [0.5, 0.6) is 5.75 Å². The summed E-state index contributed by atoms with van der Waals surface area (Å²) in [5.41, 5.74) is -0.821. The molecule has 3 atom stereocenters. The SMILES string of the molecule is COc1ccc(CC(C)C(C)CC(O)(C(=O)O)C2CCCCC2)cc1F. The van der Waals surface area contributed by atoms with E-state index in [4.69, 9.17) is 4.74 Å². The predicted octanol–water partition coefficient (Wildman–Crippen LogP) is 4.44. The van der Waals surface area contributed by atoms with E-state index in [2.05, 4.69) is 0 Å². The van der Waals surface area contributed by atoms with Gasteiger partial charge in [-0.1, -0.05) is 39.2 Å². The van der Waals surface area contributed by atoms with Crippen molar-refractivity contribution in [3.8, 4) is 5.75 Å². The Labute approximate surface area is 155 Å². The molecule has 2 rings (SSSR count). The van der Waals surface area contributed by atoms with E-state index in [9.17, 15) is 19.4 Å². The van der Waals surface area contributed by atoms with Crippen LogP contribution in [-0.2, 0) is 11.2 Å². The highest BCUT2D eigenvalue weighted by atomic mass is 19.1. The maximum atomic E-state index is 13.9. The highest BCUT2D eigenvalue weighted by molar-refractivity contribution is 5.77. The summed E-state index contributed by atoms with van der Waals surface area (Å²) in [5.74, 6) is -1.35. The molecule has 2 N–H and O–H groups in total. The number of aliphatic carboxylic acids is 1. The van der Waals surface area contributed by atoms with Gasteiger partial charge < -0.3 is 14.9 Å². The first-order valence-corrected chi connectivity index (χ1v) is 9.56. The molecular weight excluding hydrogens is 335 g/mol. The van der Waals surface area contributed by atoms with E-state index in [0.717, 1.165) is 37.7 Å². The van der Waals surface area contributed by atoms with Gasteiger partial charge in [0, 0.05) is 0 Å². The molecule has 0 aliphatic heterocycles. The van der Waals surface area contributed by atoms with Crippen molar-refractivity contribution in [2.75, 3.05) is 7.11 Å². The van der Waals surface area contributed by atoms with Gasteiger partial charge in [0.15, 0.2) is 17.2 Å². The van der Waals surface area contributed by atoms with Crippen molar-refractivity contribution >= 4 is 5.97 Å². The van der Waals surface area contributed by atoms with Gasteiger partial charge in [-0.15, -0.1) is 0 Å². The second-order valence-electron chi connectivity index (χ2n) is 7.90. The number of carboxylic acids is 1. The van der Waals surface area contributed by atoms with Gasteiger partial charge in [-0.2, -0.15) is 0 Å². The highest BCUT2D eigenvalue weighted by Gasteiger charge is 2.45. The molecule has 5 heteroatoms. The van der Waals surface area contributed by atoms with Crippen LogP contribution in [-0.4, -0.2) is 28.9 Å². The number of carboxylic acid groups (broad SMARTS) is 1. The van der Waals surface area contributed by atoms with E-state index in [1.807, 2.05) is 19.9 Å². The predicted molar refractivity (Wildman–Crippen MR) is 98.8 cm³/mol. The van der Waals surface area contributed by atoms with Gasteiger partial charge in [-0.05, 0) is 61.1 Å². The zero-order valence-electron chi connectivity index (χ0n) is 16.0. The first-order valence-electron chi connectivity index (χ1n) is 9.56. The minimum Gasteiger partial charge on any atom is -0.494 e. The second kappa shape index (κ2) is 8.85. The van der Waals surface area contributed by atoms with Crippen LogP contribution in [0.3, 0.4) is 0 Å². The summed E-state index contributed by atoms with van der Waals surface area (Å²) >= 11 is 0. The maximum Gasteiger partial charge on any atom is 0.335 e. The first kappa shape index (κ1) is 20.7. The van der Waals surface area contributed by atoms with Crippen LogP contribution in [0, 0.1) is 23.6 Å². The minimum atomic E-state index is -1.67. The molecular formula is C21H31FO4. The standard InChI is InChI=1S/C21H31FO4/c1-14(11-16-9-10-19(26-3)18(22)12-16)15(2)13-21(25,20(23)24)17-7-5-4-6-8-17/h9-10,12,14-15,17,25H,4-8,11,13H2,1-3H3,(H,23,24). The topological polar surface area (TPSA) is 66.8 Å². The van der Waals surface area contributed by atoms with E-state index < -0.39 is 17.4 Å². The summed E-state index contributed by atoms with van der Waals surface area (Å²) in [6.45, 7) is 4.00. The first-order chi connectivity index (χ1) is 12.3. The van der Waals surface area contributed by atoms with Crippen LogP contribution in [0.1, 0.15) is 57.9 Å². The number of halogens is 1. The number of hydrogen-bond donors (Lipinski definition) is 2. The molecule has 0 bridgehead atoms. The molecule has 1 aliphatic carbocycles. The molecule has 0 saturated heterocycles. The number of rotatable bonds is 8. The minimum absolute atomic E-state index is 0.00295. The van der Waals surface area contributed by atoms with Gasteiger partial charge in [0.25, 0.3) is 0 Å². The van der Waals surface area contributed by atoms with Crippen LogP contribution in [0.2, 0.25) is 0 Å². The molecule has 0 amide bonds. The summed E-state index contributed by atoms with van der Waals surface area (Å²) in [4.78, 5) is 11.8. The van der Waals surface area contributed by atoms with Crippen molar-refractivity contribution < 1.29 is 24.1 Å². The van der Waals surface area contributed by atoms with Crippen molar-refractivity contribution in [1.29, 1.82) is 0 Å². The summed E-state index contributed by atoms with van der Waals surface area (Å²) in [6, 6.07) is 4.90. The quantitative estimate of drug-likeness (QED) is 0.714. The van der Waals surface area contributed by atoms with Crippen LogP contribution in [0.4, 0.5) is 4.39 Å². The monoisotopic (exact) mass is 366 g/mol. The molecule has 0 aromatic heterocycles. The third-order valence-corrected chi connectivity index (χ3v) is 6.03. The molecule has 146 valence electrons. The van der Waals surface area contributed by atoms with Crippen molar-refractivity contribution in [1.82, 2.24) is 0 Å². The summed E-state index contributed by atoms with van der Waals surface area (Å²) < 4.78 is 18.8. The molecule has 1 fully saturated rings. The normalized spacial score (nSPS) is 20.2. The van der Waals surface area contributed by atoms with Crippen molar-refractivity contribution in [3.05, 3.63) is 29.6 Å². The fourth-order valence-electron chi connectivity index (χ4n) is 4.11. The van der Waals surface area contributed by atoms with Gasteiger partial charge >= 0.3 is 5.97 Å². The Bertz CT molecular complexity index is 612. The van der Waals surface area contributed by atoms with E-state index in [0.29, 0.717) is 6.42 Å². The second-order valence-corrected chi connectivity index (χ2v) is 7.90. The maximum absolute atomic E-state index is 13.9. The van der Waals surface area contributed by atoms with Crippen LogP contribution < -0.4 is 4.74 Å². The smallest absolute Gasteiger partial charge is 0.335 e. The van der Waals surface area contributed by atoms with Gasteiger partial charge in [-0.25, -0.2) is 9.18 Å². The number of methoxy groups -OCH3 is 1. The fraction of sp³-hybridized carbons (Fsp3) is 0.667.